The number of nitrogens with zero attached hydrogens (tertiary/aromatic N) is 2. The van der Waals surface area contributed by atoms with Crippen molar-refractivity contribution in [1.29, 1.82) is 0 Å². The van der Waals surface area contributed by atoms with Crippen molar-refractivity contribution in [3.63, 3.8) is 0 Å². The highest BCUT2D eigenvalue weighted by molar-refractivity contribution is 7.90. The van der Waals surface area contributed by atoms with Crippen LogP contribution in [0.25, 0.3) is 0 Å². The Labute approximate surface area is 106 Å². The van der Waals surface area contributed by atoms with Crippen molar-refractivity contribution in [2.45, 2.75) is 6.42 Å². The first-order valence-electron chi connectivity index (χ1n) is 5.33. The van der Waals surface area contributed by atoms with Crippen LogP contribution in [0.3, 0.4) is 0 Å². The summed E-state index contributed by atoms with van der Waals surface area (Å²) in [4.78, 5) is 8.12. The highest BCUT2D eigenvalue weighted by Gasteiger charge is 2.06. The molecule has 0 aromatic carbocycles. The van der Waals surface area contributed by atoms with Gasteiger partial charge in [0.05, 0.1) is 26.0 Å². The zero-order valence-corrected chi connectivity index (χ0v) is 11.5. The average molecular weight is 275 g/mol. The molecule has 0 aliphatic rings. The topological polar surface area (TPSA) is 90.4 Å². The van der Waals surface area contributed by atoms with E-state index in [9.17, 15) is 8.42 Å². The van der Waals surface area contributed by atoms with E-state index in [1.54, 1.807) is 6.07 Å². The molecule has 1 N–H and O–H groups in total. The molecule has 8 heteroatoms. The highest BCUT2D eigenvalue weighted by Crippen LogP contribution is 2.17. The van der Waals surface area contributed by atoms with Gasteiger partial charge in [-0.1, -0.05) is 0 Å². The standard InChI is InChI=1S/C10H17N3O4S/c1-16-8-7-9(17-2)13-10(12-8)11-5-4-6-18(3,14)15/h7H,4-6H2,1-3H3,(H,11,12,13). The molecule has 1 aromatic heterocycles. The minimum absolute atomic E-state index is 0.126. The van der Waals surface area contributed by atoms with Gasteiger partial charge in [-0.15, -0.1) is 0 Å². The van der Waals surface area contributed by atoms with Gasteiger partial charge in [-0.05, 0) is 6.42 Å². The summed E-state index contributed by atoms with van der Waals surface area (Å²) < 4.78 is 31.9. The second kappa shape index (κ2) is 6.39. The zero-order chi connectivity index (χ0) is 13.6. The molecule has 0 radical (unpaired) electrons. The van der Waals surface area contributed by atoms with Gasteiger partial charge in [0.15, 0.2) is 0 Å². The third kappa shape index (κ3) is 5.17. The Morgan fingerprint density at radius 1 is 1.22 bits per heavy atom. The van der Waals surface area contributed by atoms with Crippen molar-refractivity contribution in [2.75, 3.05) is 38.1 Å². The van der Waals surface area contributed by atoms with E-state index in [2.05, 4.69) is 15.3 Å². The van der Waals surface area contributed by atoms with Crippen LogP contribution in [0, 0.1) is 0 Å². The lowest BCUT2D eigenvalue weighted by atomic mass is 10.5. The van der Waals surface area contributed by atoms with Crippen molar-refractivity contribution in [3.05, 3.63) is 6.07 Å². The summed E-state index contributed by atoms with van der Waals surface area (Å²) >= 11 is 0. The molecule has 1 aromatic rings. The lowest BCUT2D eigenvalue weighted by Gasteiger charge is -2.07. The van der Waals surface area contributed by atoms with Gasteiger partial charge in [0.25, 0.3) is 0 Å². The molecule has 0 aliphatic carbocycles. The first-order chi connectivity index (χ1) is 8.44. The Morgan fingerprint density at radius 2 is 1.78 bits per heavy atom. The molecule has 0 saturated carbocycles. The highest BCUT2D eigenvalue weighted by atomic mass is 32.2. The van der Waals surface area contributed by atoms with E-state index >= 15 is 0 Å². The van der Waals surface area contributed by atoms with Gasteiger partial charge < -0.3 is 14.8 Å². The Kier molecular flexibility index (Phi) is 5.14. The number of ether oxygens (including phenoxy) is 2. The van der Waals surface area contributed by atoms with Gasteiger partial charge in [-0.3, -0.25) is 0 Å². The molecule has 0 aliphatic heterocycles. The summed E-state index contributed by atoms with van der Waals surface area (Å²) in [7, 11) is 0.0561. The van der Waals surface area contributed by atoms with E-state index in [4.69, 9.17) is 9.47 Å². The molecule has 0 unspecified atom stereocenters. The first-order valence-corrected chi connectivity index (χ1v) is 7.39. The Hall–Kier alpha value is -1.57. The van der Waals surface area contributed by atoms with Gasteiger partial charge in [-0.2, -0.15) is 9.97 Å². The van der Waals surface area contributed by atoms with Crippen LogP contribution in [-0.4, -0.2) is 51.2 Å². The molecule has 7 nitrogen and oxygen atoms in total. The van der Waals surface area contributed by atoms with Gasteiger partial charge in [-0.25, -0.2) is 8.42 Å². The molecule has 0 saturated heterocycles. The van der Waals surface area contributed by atoms with Crippen molar-refractivity contribution in [1.82, 2.24) is 9.97 Å². The molecular formula is C10H17N3O4S. The maximum atomic E-state index is 10.9. The number of methoxy groups -OCH3 is 2. The number of nitrogens with one attached hydrogen (secondary N) is 1. The van der Waals surface area contributed by atoms with Gasteiger partial charge >= 0.3 is 0 Å². The van der Waals surface area contributed by atoms with Crippen molar-refractivity contribution in [3.8, 4) is 11.8 Å². The summed E-state index contributed by atoms with van der Waals surface area (Å²) in [5, 5.41) is 2.92. The molecule has 102 valence electrons. The molecule has 1 heterocycles. The fourth-order valence-electron chi connectivity index (χ4n) is 1.23. The van der Waals surface area contributed by atoms with Crippen LogP contribution >= 0.6 is 0 Å². The quantitative estimate of drug-likeness (QED) is 0.717. The first kappa shape index (κ1) is 14.5. The Morgan fingerprint density at radius 3 is 2.22 bits per heavy atom. The van der Waals surface area contributed by atoms with Crippen LogP contribution in [0.4, 0.5) is 5.95 Å². The molecule has 0 bridgehead atoms. The zero-order valence-electron chi connectivity index (χ0n) is 10.6. The maximum Gasteiger partial charge on any atom is 0.229 e. The van der Waals surface area contributed by atoms with Gasteiger partial charge in [0.2, 0.25) is 17.7 Å². The number of aromatic nitrogens is 2. The van der Waals surface area contributed by atoms with Crippen molar-refractivity contribution >= 4 is 15.8 Å². The second-order valence-electron chi connectivity index (χ2n) is 3.69. The van der Waals surface area contributed by atoms with Crippen LogP contribution in [0.1, 0.15) is 6.42 Å². The normalized spacial score (nSPS) is 11.1. The number of hydrogen-bond acceptors (Lipinski definition) is 7. The second-order valence-corrected chi connectivity index (χ2v) is 5.95. The van der Waals surface area contributed by atoms with Gasteiger partial charge in [0.1, 0.15) is 9.84 Å². The summed E-state index contributed by atoms with van der Waals surface area (Å²) in [6.45, 7) is 0.462. The molecule has 1 rings (SSSR count). The van der Waals surface area contributed by atoms with E-state index < -0.39 is 9.84 Å². The third-order valence-corrected chi connectivity index (χ3v) is 3.10. The fourth-order valence-corrected chi connectivity index (χ4v) is 1.90. The van der Waals surface area contributed by atoms with E-state index in [1.807, 2.05) is 0 Å². The largest absolute Gasteiger partial charge is 0.481 e. The molecule has 0 fully saturated rings. The summed E-state index contributed by atoms with van der Waals surface area (Å²) in [6, 6.07) is 1.56. The number of rotatable bonds is 7. The number of anilines is 1. The smallest absolute Gasteiger partial charge is 0.229 e. The number of hydrogen-bond donors (Lipinski definition) is 1. The van der Waals surface area contributed by atoms with Crippen molar-refractivity contribution < 1.29 is 17.9 Å². The molecular weight excluding hydrogens is 258 g/mol. The van der Waals surface area contributed by atoms with Crippen LogP contribution < -0.4 is 14.8 Å². The number of sulfone groups is 1. The fraction of sp³-hybridized carbons (Fsp3) is 0.600. The maximum absolute atomic E-state index is 10.9. The third-order valence-electron chi connectivity index (χ3n) is 2.07. The summed E-state index contributed by atoms with van der Waals surface area (Å²) in [6.07, 6.45) is 1.69. The van der Waals surface area contributed by atoms with Crippen LogP contribution in [0.15, 0.2) is 6.07 Å². The summed E-state index contributed by atoms with van der Waals surface area (Å²) in [5.74, 6) is 1.24. The lowest BCUT2D eigenvalue weighted by molar-refractivity contribution is 0.373. The monoisotopic (exact) mass is 275 g/mol. The minimum atomic E-state index is -2.93. The molecule has 18 heavy (non-hydrogen) atoms. The Balaban J connectivity index is 2.56. The Bertz CT molecular complexity index is 468. The molecule has 0 atom stereocenters. The molecule has 0 amide bonds. The summed E-state index contributed by atoms with van der Waals surface area (Å²) in [5.41, 5.74) is 0. The predicted molar refractivity (Wildman–Crippen MR) is 68.0 cm³/mol. The van der Waals surface area contributed by atoms with Crippen LogP contribution in [0.5, 0.6) is 11.8 Å². The molecule has 0 spiro atoms. The lowest BCUT2D eigenvalue weighted by Crippen LogP contribution is -2.11. The van der Waals surface area contributed by atoms with Crippen LogP contribution in [-0.2, 0) is 9.84 Å². The van der Waals surface area contributed by atoms with Crippen molar-refractivity contribution in [2.24, 2.45) is 0 Å². The predicted octanol–water partition coefficient (Wildman–Crippen LogP) is 0.340. The average Bonchev–Trinajstić information content (AvgIpc) is 2.33. The minimum Gasteiger partial charge on any atom is -0.481 e. The van der Waals surface area contributed by atoms with Gasteiger partial charge in [0, 0.05) is 12.8 Å². The van der Waals surface area contributed by atoms with E-state index in [-0.39, 0.29) is 5.75 Å². The van der Waals surface area contributed by atoms with E-state index in [0.717, 1.165) is 0 Å². The van der Waals surface area contributed by atoms with E-state index in [1.165, 1.54) is 20.5 Å². The van der Waals surface area contributed by atoms with E-state index in [0.29, 0.717) is 30.7 Å². The van der Waals surface area contributed by atoms with Crippen LogP contribution in [0.2, 0.25) is 0 Å². The SMILES string of the molecule is COc1cc(OC)nc(NCCCS(C)(=O)=O)n1.